The molecule has 0 aliphatic rings. The van der Waals surface area contributed by atoms with Gasteiger partial charge >= 0.3 is 24.1 Å². The van der Waals surface area contributed by atoms with Gasteiger partial charge in [0.15, 0.2) is 0 Å². The average Bonchev–Trinajstić information content (AvgIpc) is 2.65. The van der Waals surface area contributed by atoms with Crippen molar-refractivity contribution in [2.45, 2.75) is 66.0 Å². The van der Waals surface area contributed by atoms with Gasteiger partial charge in [0.1, 0.15) is 37.5 Å². The third-order valence-corrected chi connectivity index (χ3v) is 3.34. The van der Waals surface area contributed by atoms with Gasteiger partial charge in [-0.1, -0.05) is 18.2 Å². The Bertz CT molecular complexity index is 746. The molecule has 0 fully saturated rings. The molecule has 0 bridgehead atoms. The van der Waals surface area contributed by atoms with Crippen molar-refractivity contribution in [1.29, 1.82) is 0 Å². The fourth-order valence-corrected chi connectivity index (χ4v) is 2.16. The Balaban J connectivity index is 2.37. The second-order valence-corrected chi connectivity index (χ2v) is 8.85. The molecule has 178 valence electrons. The first kappa shape index (κ1) is 26.7. The van der Waals surface area contributed by atoms with Gasteiger partial charge in [0, 0.05) is 0 Å². The van der Waals surface area contributed by atoms with E-state index in [1.165, 1.54) is 0 Å². The van der Waals surface area contributed by atoms with Gasteiger partial charge in [-0.2, -0.15) is 0 Å². The van der Waals surface area contributed by atoms with Gasteiger partial charge in [-0.15, -0.1) is 0 Å². The van der Waals surface area contributed by atoms with Crippen LogP contribution in [-0.2, 0) is 41.8 Å². The van der Waals surface area contributed by atoms with E-state index in [9.17, 15) is 19.2 Å². The van der Waals surface area contributed by atoms with Crippen molar-refractivity contribution in [3.8, 4) is 0 Å². The van der Waals surface area contributed by atoms with Crippen LogP contribution in [0.4, 0.5) is 9.59 Å². The Labute approximate surface area is 187 Å². The zero-order chi connectivity index (χ0) is 24.4. The lowest BCUT2D eigenvalue weighted by Gasteiger charge is -2.19. The fourth-order valence-electron chi connectivity index (χ4n) is 2.16. The van der Waals surface area contributed by atoms with Crippen molar-refractivity contribution >= 4 is 24.1 Å². The summed E-state index contributed by atoms with van der Waals surface area (Å²) in [6, 6.07) is 6.92. The number of esters is 2. The summed E-state index contributed by atoms with van der Waals surface area (Å²) < 4.78 is 20.3. The first-order valence-corrected chi connectivity index (χ1v) is 10.1. The summed E-state index contributed by atoms with van der Waals surface area (Å²) in [5, 5.41) is 4.64. The Morgan fingerprint density at radius 1 is 0.719 bits per heavy atom. The molecule has 0 unspecified atom stereocenters. The molecule has 0 spiro atoms. The summed E-state index contributed by atoms with van der Waals surface area (Å²) in [5.74, 6) is -1.25. The van der Waals surface area contributed by atoms with E-state index in [0.717, 1.165) is 0 Å². The molecule has 0 saturated carbocycles. The molecule has 10 heteroatoms. The van der Waals surface area contributed by atoms with Gasteiger partial charge in [0.05, 0.1) is 0 Å². The second kappa shape index (κ2) is 11.9. The number of carbonyl (C=O) groups is 4. The molecular formula is C22H32N2O8. The molecule has 0 aliphatic carbocycles. The van der Waals surface area contributed by atoms with E-state index in [1.54, 1.807) is 65.8 Å². The monoisotopic (exact) mass is 452 g/mol. The molecule has 2 amide bonds. The van der Waals surface area contributed by atoms with E-state index >= 15 is 0 Å². The van der Waals surface area contributed by atoms with E-state index in [4.69, 9.17) is 18.9 Å². The molecule has 0 atom stereocenters. The number of hydrogen-bond donors (Lipinski definition) is 2. The van der Waals surface area contributed by atoms with Crippen molar-refractivity contribution in [2.24, 2.45) is 0 Å². The molecule has 2 N–H and O–H groups in total. The number of amides is 2. The summed E-state index contributed by atoms with van der Waals surface area (Å²) >= 11 is 0. The molecule has 0 saturated heterocycles. The zero-order valence-electron chi connectivity index (χ0n) is 19.4. The summed E-state index contributed by atoms with van der Waals surface area (Å²) in [6.07, 6.45) is -1.42. The van der Waals surface area contributed by atoms with Crippen molar-refractivity contribution in [1.82, 2.24) is 10.6 Å². The highest BCUT2D eigenvalue weighted by Gasteiger charge is 2.18. The summed E-state index contributed by atoms with van der Waals surface area (Å²) in [5.41, 5.74) is 0.0278. The highest BCUT2D eigenvalue weighted by Crippen LogP contribution is 2.09. The largest absolute Gasteiger partial charge is 0.460 e. The van der Waals surface area contributed by atoms with Crippen molar-refractivity contribution in [3.05, 3.63) is 35.4 Å². The number of carbonyl (C=O) groups excluding carboxylic acids is 4. The number of hydrogen-bond acceptors (Lipinski definition) is 8. The molecule has 1 rings (SSSR count). The molecule has 0 heterocycles. The van der Waals surface area contributed by atoms with Crippen LogP contribution in [0.5, 0.6) is 0 Å². The predicted molar refractivity (Wildman–Crippen MR) is 115 cm³/mol. The summed E-state index contributed by atoms with van der Waals surface area (Å²) in [4.78, 5) is 46.7. The molecular weight excluding hydrogens is 420 g/mol. The Hall–Kier alpha value is -3.30. The first-order chi connectivity index (χ1) is 14.7. The van der Waals surface area contributed by atoms with Gasteiger partial charge in [0.2, 0.25) is 0 Å². The minimum Gasteiger partial charge on any atom is -0.460 e. The van der Waals surface area contributed by atoms with Gasteiger partial charge in [-0.05, 0) is 58.7 Å². The smallest absolute Gasteiger partial charge is 0.408 e. The maximum Gasteiger partial charge on any atom is 0.408 e. The number of benzene rings is 1. The second-order valence-electron chi connectivity index (χ2n) is 8.85. The van der Waals surface area contributed by atoms with Crippen LogP contribution in [0.25, 0.3) is 0 Å². The Morgan fingerprint density at radius 2 is 1.09 bits per heavy atom. The lowest BCUT2D eigenvalue weighted by molar-refractivity contribution is -0.144. The van der Waals surface area contributed by atoms with Crippen molar-refractivity contribution in [3.63, 3.8) is 0 Å². The molecule has 0 aliphatic heterocycles. The van der Waals surface area contributed by atoms with Crippen LogP contribution in [0.1, 0.15) is 52.7 Å². The van der Waals surface area contributed by atoms with E-state index in [-0.39, 0.29) is 26.3 Å². The normalized spacial score (nSPS) is 11.2. The van der Waals surface area contributed by atoms with Crippen LogP contribution < -0.4 is 10.6 Å². The van der Waals surface area contributed by atoms with Gasteiger partial charge < -0.3 is 29.6 Å². The van der Waals surface area contributed by atoms with Crippen LogP contribution in [0, 0.1) is 0 Å². The van der Waals surface area contributed by atoms with Gasteiger partial charge in [-0.25, -0.2) is 9.59 Å². The fraction of sp³-hybridized carbons (Fsp3) is 0.545. The average molecular weight is 453 g/mol. The molecule has 10 nitrogen and oxygen atoms in total. The van der Waals surface area contributed by atoms with Crippen molar-refractivity contribution in [2.75, 3.05) is 13.1 Å². The van der Waals surface area contributed by atoms with E-state index in [1.807, 2.05) is 0 Å². The van der Waals surface area contributed by atoms with Crippen LogP contribution in [0.15, 0.2) is 24.3 Å². The number of alkyl carbamates (subject to hydrolysis) is 2. The quantitative estimate of drug-likeness (QED) is 0.455. The standard InChI is InChI=1S/C22H32N2O8/c1-21(2,3)31-19(27)23-11-17(25)29-13-15-8-7-9-16(10-15)14-30-18(26)12-24-20(28)32-22(4,5)6/h7-10H,11-14H2,1-6H3,(H,23,27)(H,24,28). The maximum absolute atomic E-state index is 11.8. The van der Waals surface area contributed by atoms with Crippen LogP contribution in [0.3, 0.4) is 0 Å². The third-order valence-electron chi connectivity index (χ3n) is 3.34. The molecule has 0 aromatic heterocycles. The third kappa shape index (κ3) is 13.1. The van der Waals surface area contributed by atoms with E-state index in [2.05, 4.69) is 10.6 Å². The Kier molecular flexibility index (Phi) is 9.96. The van der Waals surface area contributed by atoms with Gasteiger partial charge in [0.25, 0.3) is 0 Å². The highest BCUT2D eigenvalue weighted by atomic mass is 16.6. The van der Waals surface area contributed by atoms with Crippen LogP contribution >= 0.6 is 0 Å². The van der Waals surface area contributed by atoms with E-state index in [0.29, 0.717) is 11.1 Å². The highest BCUT2D eigenvalue weighted by molar-refractivity contribution is 5.78. The predicted octanol–water partition coefficient (Wildman–Crippen LogP) is 2.82. The SMILES string of the molecule is CC(C)(C)OC(=O)NCC(=O)OCc1cccc(COC(=O)CNC(=O)OC(C)(C)C)c1. The van der Waals surface area contributed by atoms with Crippen molar-refractivity contribution < 1.29 is 38.1 Å². The molecule has 1 aromatic rings. The maximum atomic E-state index is 11.8. The first-order valence-electron chi connectivity index (χ1n) is 10.1. The molecule has 32 heavy (non-hydrogen) atoms. The van der Waals surface area contributed by atoms with Gasteiger partial charge in [-0.3, -0.25) is 9.59 Å². The minimum atomic E-state index is -0.709. The van der Waals surface area contributed by atoms with Crippen LogP contribution in [0.2, 0.25) is 0 Å². The summed E-state index contributed by atoms with van der Waals surface area (Å²) in [7, 11) is 0. The van der Waals surface area contributed by atoms with E-state index < -0.39 is 35.3 Å². The molecule has 0 radical (unpaired) electrons. The molecule has 1 aromatic carbocycles. The lowest BCUT2D eigenvalue weighted by atomic mass is 10.1. The number of nitrogens with one attached hydrogen (secondary N) is 2. The minimum absolute atomic E-state index is 0.0170. The topological polar surface area (TPSA) is 129 Å². The van der Waals surface area contributed by atoms with Crippen LogP contribution in [-0.4, -0.2) is 48.4 Å². The summed E-state index contributed by atoms with van der Waals surface area (Å²) in [6.45, 7) is 9.61. The zero-order valence-corrected chi connectivity index (χ0v) is 19.4. The lowest BCUT2D eigenvalue weighted by Crippen LogP contribution is -2.36. The number of ether oxygens (including phenoxy) is 4. The number of rotatable bonds is 8. The Morgan fingerprint density at radius 3 is 1.44 bits per heavy atom.